The lowest BCUT2D eigenvalue weighted by Crippen LogP contribution is -2.39. The van der Waals surface area contributed by atoms with Crippen LogP contribution in [0, 0.1) is 0 Å². The molecule has 2 fully saturated rings. The maximum Gasteiger partial charge on any atom is 0.233 e. The Labute approximate surface area is 114 Å². The van der Waals surface area contributed by atoms with Crippen molar-refractivity contribution in [3.8, 4) is 0 Å². The molecule has 5 nitrogen and oxygen atoms in total. The lowest BCUT2D eigenvalue weighted by atomic mass is 9.89. The highest BCUT2D eigenvalue weighted by Crippen LogP contribution is 2.32. The van der Waals surface area contributed by atoms with Gasteiger partial charge in [-0.25, -0.2) is 0 Å². The molecular formula is C14H23N3O2. The molecule has 106 valence electrons. The van der Waals surface area contributed by atoms with Crippen molar-refractivity contribution in [1.82, 2.24) is 15.5 Å². The van der Waals surface area contributed by atoms with Crippen LogP contribution in [0.3, 0.4) is 0 Å². The molecule has 0 bridgehead atoms. The van der Waals surface area contributed by atoms with Crippen molar-refractivity contribution >= 4 is 0 Å². The molecule has 2 atom stereocenters. The molecule has 2 aliphatic rings. The maximum atomic E-state index is 5.56. The highest BCUT2D eigenvalue weighted by atomic mass is 16.5. The van der Waals surface area contributed by atoms with Crippen molar-refractivity contribution in [3.05, 3.63) is 11.7 Å². The van der Waals surface area contributed by atoms with Gasteiger partial charge in [0.15, 0.2) is 5.82 Å². The molecular weight excluding hydrogens is 242 g/mol. The summed E-state index contributed by atoms with van der Waals surface area (Å²) in [7, 11) is 1.99. The molecule has 1 aromatic rings. The highest BCUT2D eigenvalue weighted by Gasteiger charge is 2.31. The second kappa shape index (κ2) is 6.01. The molecule has 1 aromatic heterocycles. The number of ether oxygens (including phenoxy) is 1. The number of rotatable bonds is 3. The van der Waals surface area contributed by atoms with Crippen LogP contribution in [-0.4, -0.2) is 36.4 Å². The summed E-state index contributed by atoms with van der Waals surface area (Å²) in [6, 6.07) is 0.383. The van der Waals surface area contributed by atoms with Crippen molar-refractivity contribution < 1.29 is 9.26 Å². The van der Waals surface area contributed by atoms with Crippen LogP contribution in [0.25, 0.3) is 0 Å². The largest absolute Gasteiger partial charge is 0.381 e. The van der Waals surface area contributed by atoms with Crippen molar-refractivity contribution in [3.63, 3.8) is 0 Å². The Bertz CT molecular complexity index is 401. The molecule has 0 radical (unpaired) electrons. The van der Waals surface area contributed by atoms with Gasteiger partial charge in [-0.05, 0) is 26.3 Å². The average molecular weight is 265 g/mol. The van der Waals surface area contributed by atoms with Gasteiger partial charge in [-0.2, -0.15) is 4.98 Å². The minimum Gasteiger partial charge on any atom is -0.381 e. The topological polar surface area (TPSA) is 60.2 Å². The van der Waals surface area contributed by atoms with Crippen LogP contribution in [0.1, 0.15) is 62.1 Å². The quantitative estimate of drug-likeness (QED) is 0.908. The van der Waals surface area contributed by atoms with E-state index >= 15 is 0 Å². The molecule has 1 aliphatic carbocycles. The standard InChI is InChI=1S/C14H23N3O2/c1-15-12-7-8-18-9-11(12)14-16-13(17-19-14)10-5-3-2-4-6-10/h10-12,15H,2-9H2,1H3. The van der Waals surface area contributed by atoms with Crippen LogP contribution in [0.4, 0.5) is 0 Å². The van der Waals surface area contributed by atoms with E-state index in [0.717, 1.165) is 24.7 Å². The normalized spacial score (nSPS) is 29.5. The lowest BCUT2D eigenvalue weighted by Gasteiger charge is -2.28. The molecule has 3 rings (SSSR count). The minimum absolute atomic E-state index is 0.198. The third-order valence-electron chi connectivity index (χ3n) is 4.47. The van der Waals surface area contributed by atoms with Gasteiger partial charge >= 0.3 is 0 Å². The van der Waals surface area contributed by atoms with E-state index < -0.39 is 0 Å². The van der Waals surface area contributed by atoms with Crippen molar-refractivity contribution in [2.45, 2.75) is 56.4 Å². The summed E-state index contributed by atoms with van der Waals surface area (Å²) in [6.45, 7) is 1.49. The third kappa shape index (κ3) is 2.82. The summed E-state index contributed by atoms with van der Waals surface area (Å²) < 4.78 is 11.1. The minimum atomic E-state index is 0.198. The molecule has 5 heteroatoms. The zero-order valence-corrected chi connectivity index (χ0v) is 11.6. The smallest absolute Gasteiger partial charge is 0.233 e. The molecule has 1 N–H and O–H groups in total. The molecule has 2 unspecified atom stereocenters. The fourth-order valence-electron chi connectivity index (χ4n) is 3.25. The van der Waals surface area contributed by atoms with E-state index in [1.165, 1.54) is 32.1 Å². The average Bonchev–Trinajstić information content (AvgIpc) is 2.98. The van der Waals surface area contributed by atoms with Gasteiger partial charge in [-0.15, -0.1) is 0 Å². The number of hydrogen-bond donors (Lipinski definition) is 1. The SMILES string of the molecule is CNC1CCOCC1c1nc(C2CCCCC2)no1. The Morgan fingerprint density at radius 2 is 2.00 bits per heavy atom. The van der Waals surface area contributed by atoms with Crippen molar-refractivity contribution in [1.29, 1.82) is 0 Å². The molecule has 1 saturated heterocycles. The molecule has 19 heavy (non-hydrogen) atoms. The van der Waals surface area contributed by atoms with Crippen LogP contribution in [0.2, 0.25) is 0 Å². The second-order valence-corrected chi connectivity index (χ2v) is 5.69. The fourth-order valence-corrected chi connectivity index (χ4v) is 3.25. The number of aromatic nitrogens is 2. The van der Waals surface area contributed by atoms with E-state index in [1.54, 1.807) is 0 Å². The van der Waals surface area contributed by atoms with Gasteiger partial charge in [0.25, 0.3) is 0 Å². The van der Waals surface area contributed by atoms with E-state index in [0.29, 0.717) is 18.6 Å². The number of likely N-dealkylation sites (N-methyl/N-ethyl adjacent to an activating group) is 1. The Morgan fingerprint density at radius 3 is 2.79 bits per heavy atom. The van der Waals surface area contributed by atoms with Gasteiger partial charge in [0.05, 0.1) is 12.5 Å². The van der Waals surface area contributed by atoms with Crippen LogP contribution in [0.5, 0.6) is 0 Å². The van der Waals surface area contributed by atoms with E-state index in [1.807, 2.05) is 7.05 Å². The molecule has 1 saturated carbocycles. The Morgan fingerprint density at radius 1 is 1.16 bits per heavy atom. The molecule has 2 heterocycles. The van der Waals surface area contributed by atoms with Crippen LogP contribution >= 0.6 is 0 Å². The summed E-state index contributed by atoms with van der Waals surface area (Å²) >= 11 is 0. The number of hydrogen-bond acceptors (Lipinski definition) is 5. The van der Waals surface area contributed by atoms with Gasteiger partial charge in [-0.1, -0.05) is 24.4 Å². The first-order valence-corrected chi connectivity index (χ1v) is 7.47. The first kappa shape index (κ1) is 13.1. The van der Waals surface area contributed by atoms with E-state index in [4.69, 9.17) is 9.26 Å². The monoisotopic (exact) mass is 265 g/mol. The van der Waals surface area contributed by atoms with Crippen LogP contribution in [0.15, 0.2) is 4.52 Å². The molecule has 0 amide bonds. The van der Waals surface area contributed by atoms with Crippen LogP contribution < -0.4 is 5.32 Å². The van der Waals surface area contributed by atoms with Gasteiger partial charge in [0, 0.05) is 18.6 Å². The highest BCUT2D eigenvalue weighted by molar-refractivity contribution is 5.04. The molecule has 0 spiro atoms. The Balaban J connectivity index is 1.72. The first-order valence-electron chi connectivity index (χ1n) is 7.47. The number of nitrogens with zero attached hydrogens (tertiary/aromatic N) is 2. The Hall–Kier alpha value is -0.940. The summed E-state index contributed by atoms with van der Waals surface area (Å²) in [5, 5.41) is 7.55. The number of nitrogens with one attached hydrogen (secondary N) is 1. The van der Waals surface area contributed by atoms with Crippen LogP contribution in [-0.2, 0) is 4.74 Å². The zero-order valence-electron chi connectivity index (χ0n) is 11.6. The summed E-state index contributed by atoms with van der Waals surface area (Å²) in [4.78, 5) is 4.66. The van der Waals surface area contributed by atoms with Gasteiger partial charge in [-0.3, -0.25) is 0 Å². The van der Waals surface area contributed by atoms with Gasteiger partial charge < -0.3 is 14.6 Å². The van der Waals surface area contributed by atoms with E-state index in [9.17, 15) is 0 Å². The second-order valence-electron chi connectivity index (χ2n) is 5.69. The molecule has 0 aromatic carbocycles. The lowest BCUT2D eigenvalue weighted by molar-refractivity contribution is 0.0516. The maximum absolute atomic E-state index is 5.56. The predicted octanol–water partition coefficient (Wildman–Crippen LogP) is 2.21. The Kier molecular flexibility index (Phi) is 4.13. The van der Waals surface area contributed by atoms with Crippen molar-refractivity contribution in [2.75, 3.05) is 20.3 Å². The fraction of sp³-hybridized carbons (Fsp3) is 0.857. The van der Waals surface area contributed by atoms with E-state index in [-0.39, 0.29) is 5.92 Å². The first-order chi connectivity index (χ1) is 9.38. The van der Waals surface area contributed by atoms with E-state index in [2.05, 4.69) is 15.5 Å². The zero-order chi connectivity index (χ0) is 13.1. The summed E-state index contributed by atoms with van der Waals surface area (Å²) in [5.41, 5.74) is 0. The third-order valence-corrected chi connectivity index (χ3v) is 4.47. The van der Waals surface area contributed by atoms with Gasteiger partial charge in [0.2, 0.25) is 5.89 Å². The summed E-state index contributed by atoms with van der Waals surface area (Å²) in [6.07, 6.45) is 7.34. The predicted molar refractivity (Wildman–Crippen MR) is 71.1 cm³/mol. The molecule has 1 aliphatic heterocycles. The van der Waals surface area contributed by atoms with Crippen molar-refractivity contribution in [2.24, 2.45) is 0 Å². The van der Waals surface area contributed by atoms with Gasteiger partial charge in [0.1, 0.15) is 0 Å². The summed E-state index contributed by atoms with van der Waals surface area (Å²) in [5.74, 6) is 2.36.